The zero-order valence-electron chi connectivity index (χ0n) is 57.7. The van der Waals surface area contributed by atoms with E-state index in [4.69, 9.17) is 17.2 Å². The molecule has 2 aliphatic heterocycles. The van der Waals surface area contributed by atoms with E-state index >= 15 is 0 Å². The molecule has 8 atom stereocenters. The molecule has 0 radical (unpaired) electrons. The molecule has 2 aromatic carbocycles. The Morgan fingerprint density at radius 3 is 1.42 bits per heavy atom. The van der Waals surface area contributed by atoms with Crippen LogP contribution in [-0.4, -0.2) is 162 Å². The quantitative estimate of drug-likeness (QED) is 0.0330. The third-order valence-electron chi connectivity index (χ3n) is 14.9. The van der Waals surface area contributed by atoms with Gasteiger partial charge in [0.05, 0.1) is 62.7 Å². The van der Waals surface area contributed by atoms with Crippen LogP contribution in [0.25, 0.3) is 20.4 Å². The second kappa shape index (κ2) is 53.5. The molecule has 6 rings (SSSR count). The number of thiazole rings is 2. The molecule has 4 heterocycles. The summed E-state index contributed by atoms with van der Waals surface area (Å²) in [5.41, 5.74) is 17.9. The number of carbonyl (C=O) groups is 12. The van der Waals surface area contributed by atoms with Crippen molar-refractivity contribution in [1.29, 1.82) is 0 Å². The number of primary amides is 1. The minimum atomic E-state index is -1.18. The molecule has 2 fully saturated rings. The van der Waals surface area contributed by atoms with Gasteiger partial charge < -0.3 is 81.0 Å². The molecular formula is C63H107N17O12S10. The number of Topliss-reactive ketones (excluding diaryl/α,β-unsaturated/α-hetero) is 2. The highest BCUT2D eigenvalue weighted by atomic mass is 32.1. The third-order valence-corrected chi connectivity index (χ3v) is 17.0. The summed E-state index contributed by atoms with van der Waals surface area (Å²) in [4.78, 5) is 165. The molecule has 0 aliphatic carbocycles. The SMILES string of the molecule is C=C(N)NCCC[C@H](NC(=O)[C@@H]1CCCCNC(=O)C[C@H](NC(C)=O)C(=O)N[C@@H](CC(C)C)C(=O)N1)C(=O)c1nc2ccccc2s1.C=C(N)NCCC[C@H](NC(=O)[C@@H]1CCCCNC(=O)C[C@H](NC(C)=O)CN[C@@H](CCC(N)=O)C(=O)N1)C(=O)c1nc2ccccc2s1.S.S.S.S.S.S.S.S. The first-order valence-electron chi connectivity index (χ1n) is 31.5. The monoisotopic (exact) mass is 1610 g/mol. The van der Waals surface area contributed by atoms with Crippen LogP contribution in [0.2, 0.25) is 0 Å². The van der Waals surface area contributed by atoms with Gasteiger partial charge in [-0.05, 0) is 107 Å². The summed E-state index contributed by atoms with van der Waals surface area (Å²) in [6, 6.07) is 6.95. The second-order valence-corrected chi connectivity index (χ2v) is 25.6. The first-order chi connectivity index (χ1) is 44.8. The number of hydrogen-bond acceptors (Lipinski definition) is 21. The van der Waals surface area contributed by atoms with Gasteiger partial charge in [-0.2, -0.15) is 108 Å². The van der Waals surface area contributed by atoms with Crippen LogP contribution in [-0.2, 0) is 47.9 Å². The third kappa shape index (κ3) is 36.9. The Bertz CT molecular complexity index is 3300. The van der Waals surface area contributed by atoms with Crippen molar-refractivity contribution in [2.45, 2.75) is 172 Å². The van der Waals surface area contributed by atoms with Gasteiger partial charge >= 0.3 is 0 Å². The van der Waals surface area contributed by atoms with E-state index < -0.39 is 95.6 Å². The van der Waals surface area contributed by atoms with Crippen molar-refractivity contribution in [2.24, 2.45) is 23.1 Å². The van der Waals surface area contributed by atoms with Crippen LogP contribution in [0.15, 0.2) is 73.3 Å². The van der Waals surface area contributed by atoms with Crippen molar-refractivity contribution in [3.8, 4) is 0 Å². The summed E-state index contributed by atoms with van der Waals surface area (Å²) in [5.74, 6) is -5.29. The van der Waals surface area contributed by atoms with Gasteiger partial charge in [0.1, 0.15) is 24.2 Å². The first kappa shape index (κ1) is 102. The van der Waals surface area contributed by atoms with E-state index in [1.807, 2.05) is 56.3 Å². The highest BCUT2D eigenvalue weighted by Crippen LogP contribution is 2.25. The number of rotatable bonds is 25. The van der Waals surface area contributed by atoms with Crippen LogP contribution < -0.4 is 81.0 Å². The number of amides is 10. The van der Waals surface area contributed by atoms with Crippen molar-refractivity contribution in [3.63, 3.8) is 0 Å². The van der Waals surface area contributed by atoms with E-state index in [9.17, 15) is 57.5 Å². The highest BCUT2D eigenvalue weighted by molar-refractivity contribution is 7.60. The number of para-hydroxylation sites is 2. The second-order valence-electron chi connectivity index (χ2n) is 23.5. The fraction of sp³-hybridized carbons (Fsp3) is 0.524. The topological polar surface area (TPSA) is 453 Å². The minimum absolute atomic E-state index is 0. The molecule has 0 unspecified atom stereocenters. The maximum Gasteiger partial charge on any atom is 0.243 e. The van der Waals surface area contributed by atoms with Gasteiger partial charge in [0.25, 0.3) is 0 Å². The van der Waals surface area contributed by atoms with E-state index in [0.717, 1.165) is 9.40 Å². The summed E-state index contributed by atoms with van der Waals surface area (Å²) in [5, 5.41) is 34.0. The van der Waals surface area contributed by atoms with Crippen molar-refractivity contribution in [1.82, 2.24) is 73.8 Å². The molecule has 18 N–H and O–H groups in total. The molecular weight excluding hydrogens is 1510 g/mol. The minimum Gasteiger partial charge on any atom is -0.386 e. The Labute approximate surface area is 659 Å². The zero-order valence-corrected chi connectivity index (χ0v) is 67.3. The maximum atomic E-state index is 13.8. The molecule has 0 bridgehead atoms. The standard InChI is InChI=1S/C32H46N8O6S.C31H45N9O6S.8H2S/c1-18(2)16-24-30(45)38-23(11-7-8-14-35-27(42)17-25(31(46)39-24)36-20(4)41)29(44)37-22(12-9-15-34-19(3)33)28(43)32-40-21-10-5-6-13-26(21)47-32;1-18(32)34-15-7-10-22(28(44)31-40-21-8-3-4-11-25(21)47-31)38-30(46)24-9-5-6-14-35-27(43)16-20(37-19(2)41)17-36-23(29(45)39-24)12-13-26(33)42;;;;;;;;/h5-6,10,13,18,22-25,34H,3,7-9,11-12,14-17,33H2,1-2,4H3,(H,35,42)(H,36,41)(H,37,44)(H,38,45)(H,39,46);3-4,8,11,20,22-24,34,36H,1,5-7,9-10,12-17,32H2,2H3,(H2,33,42)(H,35,43)(H,37,41)(H,38,46)(H,39,45);8*1H2/t22-,23-,24-,25-;20-,22-,23-,24-;;;;;;;;/m00......../s1. The Morgan fingerprint density at radius 1 is 0.578 bits per heavy atom. The Balaban J connectivity index is -0.000000873. The molecule has 576 valence electrons. The van der Waals surface area contributed by atoms with Crippen LogP contribution in [0.4, 0.5) is 0 Å². The fourth-order valence-electron chi connectivity index (χ4n) is 10.3. The molecule has 2 aliphatic rings. The number of hydrogen-bond donors (Lipinski definition) is 15. The van der Waals surface area contributed by atoms with Gasteiger partial charge in [-0.15, -0.1) is 22.7 Å². The van der Waals surface area contributed by atoms with Gasteiger partial charge in [-0.1, -0.05) is 51.3 Å². The van der Waals surface area contributed by atoms with Crippen LogP contribution in [0.1, 0.15) is 144 Å². The number of ketones is 2. The van der Waals surface area contributed by atoms with E-state index in [-0.39, 0.29) is 230 Å². The Kier molecular flexibility index (Phi) is 53.5. The lowest BCUT2D eigenvalue weighted by molar-refractivity contribution is -0.135. The predicted octanol–water partition coefficient (Wildman–Crippen LogP) is 1.54. The van der Waals surface area contributed by atoms with Crippen LogP contribution in [0.3, 0.4) is 0 Å². The van der Waals surface area contributed by atoms with Gasteiger partial charge in [0.15, 0.2) is 10.0 Å². The lowest BCUT2D eigenvalue weighted by Gasteiger charge is -2.27. The number of fused-ring (bicyclic) bond motifs is 2. The number of aromatic nitrogens is 2. The van der Waals surface area contributed by atoms with Crippen LogP contribution >= 0.6 is 131 Å². The number of nitrogens with zero attached hydrogens (tertiary/aromatic N) is 2. The average Bonchev–Trinajstić information content (AvgIpc) is 1.67. The molecule has 0 saturated carbocycles. The summed E-state index contributed by atoms with van der Waals surface area (Å²) >= 11 is 2.47. The molecule has 2 aromatic heterocycles. The van der Waals surface area contributed by atoms with E-state index in [0.29, 0.717) is 69.2 Å². The van der Waals surface area contributed by atoms with Gasteiger partial charge in [-0.25, -0.2) is 9.97 Å². The summed E-state index contributed by atoms with van der Waals surface area (Å²) < 4.78 is 1.68. The van der Waals surface area contributed by atoms with Crippen molar-refractivity contribution < 1.29 is 57.5 Å². The van der Waals surface area contributed by atoms with Crippen molar-refractivity contribution in [3.05, 3.63) is 83.3 Å². The summed E-state index contributed by atoms with van der Waals surface area (Å²) in [6.45, 7) is 15.0. The molecule has 102 heavy (non-hydrogen) atoms. The lowest BCUT2D eigenvalue weighted by atomic mass is 10.00. The largest absolute Gasteiger partial charge is 0.386 e. The van der Waals surface area contributed by atoms with Crippen molar-refractivity contribution >= 4 is 222 Å². The number of nitrogens with two attached hydrogens (primary N) is 3. The fourth-order valence-corrected chi connectivity index (χ4v) is 12.2. The smallest absolute Gasteiger partial charge is 0.243 e. The van der Waals surface area contributed by atoms with Crippen LogP contribution in [0, 0.1) is 5.92 Å². The molecule has 29 nitrogen and oxygen atoms in total. The molecule has 4 aromatic rings. The average molecular weight is 1620 g/mol. The van der Waals surface area contributed by atoms with Crippen LogP contribution in [0.5, 0.6) is 0 Å². The van der Waals surface area contributed by atoms with Gasteiger partial charge in [0, 0.05) is 59.4 Å². The lowest BCUT2D eigenvalue weighted by Crippen LogP contribution is -2.58. The number of nitrogens with one attached hydrogen (secondary N) is 12. The normalized spacial score (nSPS) is 18.6. The number of benzene rings is 2. The van der Waals surface area contributed by atoms with E-state index in [2.05, 4.69) is 86.9 Å². The molecule has 10 amide bonds. The van der Waals surface area contributed by atoms with E-state index in [1.54, 1.807) is 6.07 Å². The van der Waals surface area contributed by atoms with E-state index in [1.165, 1.54) is 36.5 Å². The molecule has 0 spiro atoms. The molecule has 2 saturated heterocycles. The zero-order chi connectivity index (χ0) is 68.9. The van der Waals surface area contributed by atoms with Gasteiger partial charge in [0.2, 0.25) is 70.6 Å². The van der Waals surface area contributed by atoms with Crippen molar-refractivity contribution in [2.75, 3.05) is 32.7 Å². The first-order valence-corrected chi connectivity index (χ1v) is 33.2. The molecule has 39 heteroatoms. The Hall–Kier alpha value is -6.30. The highest BCUT2D eigenvalue weighted by Gasteiger charge is 2.35. The summed E-state index contributed by atoms with van der Waals surface area (Å²) in [6.07, 6.45) is 3.71. The van der Waals surface area contributed by atoms with Gasteiger partial charge in [-0.3, -0.25) is 57.5 Å². The Morgan fingerprint density at radius 2 is 1.01 bits per heavy atom. The predicted molar refractivity (Wildman–Crippen MR) is 440 cm³/mol. The summed E-state index contributed by atoms with van der Waals surface area (Å²) in [7, 11) is 0. The number of carbonyl (C=O) groups excluding carboxylic acids is 12. The maximum absolute atomic E-state index is 13.8.